The number of ether oxygens (including phenoxy) is 1. The number of nitrogens with zero attached hydrogens (tertiary/aromatic N) is 3. The molecule has 1 atom stereocenters. The average Bonchev–Trinajstić information content (AvgIpc) is 3.33. The lowest BCUT2D eigenvalue weighted by atomic mass is 9.95. The summed E-state index contributed by atoms with van der Waals surface area (Å²) < 4.78 is 7.64. The molecule has 2 heterocycles. The molecule has 0 unspecified atom stereocenters. The van der Waals surface area contributed by atoms with Gasteiger partial charge < -0.3 is 15.4 Å². The summed E-state index contributed by atoms with van der Waals surface area (Å²) in [5, 5.41) is 11.6. The Morgan fingerprint density at radius 2 is 1.83 bits per heavy atom. The number of rotatable bonds is 6. The topological polar surface area (TPSA) is 81.1 Å². The normalized spacial score (nSPS) is 14.7. The van der Waals surface area contributed by atoms with Crippen molar-refractivity contribution in [3.8, 4) is 5.75 Å². The van der Waals surface area contributed by atoms with Gasteiger partial charge in [0.05, 0.1) is 15.6 Å². The predicted molar refractivity (Wildman–Crippen MR) is 142 cm³/mol. The number of nitrogens with one attached hydrogen (secondary N) is 2. The molecule has 0 radical (unpaired) electrons. The van der Waals surface area contributed by atoms with E-state index in [1.165, 1.54) is 6.33 Å². The van der Waals surface area contributed by atoms with Crippen LogP contribution in [0.5, 0.6) is 5.75 Å². The number of benzene rings is 3. The van der Waals surface area contributed by atoms with Gasteiger partial charge in [0.2, 0.25) is 5.95 Å². The first-order chi connectivity index (χ1) is 17.4. The Balaban J connectivity index is 1.41. The van der Waals surface area contributed by atoms with Crippen molar-refractivity contribution < 1.29 is 9.53 Å². The lowest BCUT2D eigenvalue weighted by molar-refractivity contribution is -0.113. The van der Waals surface area contributed by atoms with Gasteiger partial charge in [-0.05, 0) is 60.9 Å². The van der Waals surface area contributed by atoms with Gasteiger partial charge in [-0.1, -0.05) is 59.6 Å². The summed E-state index contributed by atoms with van der Waals surface area (Å²) in [6.07, 6.45) is 1.47. The fraction of sp³-hybridized carbons (Fsp3) is 0.148. The van der Waals surface area contributed by atoms with E-state index in [9.17, 15) is 4.79 Å². The molecule has 0 fully saturated rings. The summed E-state index contributed by atoms with van der Waals surface area (Å²) in [6, 6.07) is 20.2. The van der Waals surface area contributed by atoms with Crippen LogP contribution >= 0.6 is 23.2 Å². The van der Waals surface area contributed by atoms with Crippen LogP contribution in [0.1, 0.15) is 29.7 Å². The summed E-state index contributed by atoms with van der Waals surface area (Å²) >= 11 is 12.1. The van der Waals surface area contributed by atoms with Crippen LogP contribution in [0.15, 0.2) is 84.3 Å². The minimum absolute atomic E-state index is 0.208. The summed E-state index contributed by atoms with van der Waals surface area (Å²) in [7, 11) is 0. The number of fused-ring (bicyclic) bond motifs is 1. The number of carbonyl (C=O) groups excluding carboxylic acids is 1. The van der Waals surface area contributed by atoms with E-state index < -0.39 is 6.04 Å². The second kappa shape index (κ2) is 10.0. The summed E-state index contributed by atoms with van der Waals surface area (Å²) in [4.78, 5) is 17.8. The molecule has 3 aromatic carbocycles. The van der Waals surface area contributed by atoms with Crippen molar-refractivity contribution in [3.63, 3.8) is 0 Å². The average molecular weight is 520 g/mol. The van der Waals surface area contributed by atoms with Crippen molar-refractivity contribution in [3.05, 3.63) is 111 Å². The molecule has 182 valence electrons. The molecule has 36 heavy (non-hydrogen) atoms. The molecular weight excluding hydrogens is 497 g/mol. The monoisotopic (exact) mass is 519 g/mol. The molecule has 1 aliphatic rings. The van der Waals surface area contributed by atoms with Crippen molar-refractivity contribution in [2.24, 2.45) is 0 Å². The Hall–Kier alpha value is -3.81. The van der Waals surface area contributed by atoms with Crippen LogP contribution in [0.3, 0.4) is 0 Å². The highest BCUT2D eigenvalue weighted by atomic mass is 35.5. The van der Waals surface area contributed by atoms with E-state index >= 15 is 0 Å². The Labute approximate surface area is 218 Å². The highest BCUT2D eigenvalue weighted by molar-refractivity contribution is 6.42. The first kappa shape index (κ1) is 23.9. The van der Waals surface area contributed by atoms with Crippen LogP contribution in [0, 0.1) is 6.92 Å². The van der Waals surface area contributed by atoms with E-state index in [-0.39, 0.29) is 5.91 Å². The molecular formula is C27H23Cl2N5O2. The molecule has 5 rings (SSSR count). The third kappa shape index (κ3) is 4.80. The number of hydrogen-bond donors (Lipinski definition) is 2. The van der Waals surface area contributed by atoms with Gasteiger partial charge >= 0.3 is 0 Å². The molecule has 1 aliphatic heterocycles. The molecule has 0 bridgehead atoms. The van der Waals surface area contributed by atoms with Gasteiger partial charge in [0.25, 0.3) is 5.91 Å². The molecule has 0 aliphatic carbocycles. The second-order valence-electron chi connectivity index (χ2n) is 8.47. The minimum Gasteiger partial charge on any atom is -0.489 e. The highest BCUT2D eigenvalue weighted by Crippen LogP contribution is 2.36. The summed E-state index contributed by atoms with van der Waals surface area (Å²) in [5.74, 6) is 1.05. The lowest BCUT2D eigenvalue weighted by Gasteiger charge is -2.29. The van der Waals surface area contributed by atoms with Gasteiger partial charge in [-0.25, -0.2) is 4.68 Å². The Morgan fingerprint density at radius 1 is 1.06 bits per heavy atom. The van der Waals surface area contributed by atoms with Gasteiger partial charge in [-0.2, -0.15) is 10.1 Å². The maximum atomic E-state index is 13.5. The molecule has 1 aromatic heterocycles. The quantitative estimate of drug-likeness (QED) is 0.308. The van der Waals surface area contributed by atoms with E-state index in [1.807, 2.05) is 68.4 Å². The number of para-hydroxylation sites is 1. The number of halogens is 2. The number of aromatic nitrogens is 3. The second-order valence-corrected chi connectivity index (χ2v) is 9.28. The van der Waals surface area contributed by atoms with Crippen LogP contribution in [0.4, 0.5) is 11.6 Å². The smallest absolute Gasteiger partial charge is 0.255 e. The Morgan fingerprint density at radius 3 is 2.58 bits per heavy atom. The highest BCUT2D eigenvalue weighted by Gasteiger charge is 2.33. The lowest BCUT2D eigenvalue weighted by Crippen LogP contribution is -2.31. The van der Waals surface area contributed by atoms with Crippen LogP contribution in [-0.2, 0) is 11.4 Å². The van der Waals surface area contributed by atoms with Gasteiger partial charge in [-0.3, -0.25) is 4.79 Å². The van der Waals surface area contributed by atoms with Crippen molar-refractivity contribution in [1.82, 2.24) is 14.8 Å². The molecule has 2 N–H and O–H groups in total. The largest absolute Gasteiger partial charge is 0.489 e. The number of carbonyl (C=O) groups is 1. The van der Waals surface area contributed by atoms with Gasteiger partial charge in [0, 0.05) is 11.4 Å². The van der Waals surface area contributed by atoms with Crippen molar-refractivity contribution in [2.75, 3.05) is 10.6 Å². The van der Waals surface area contributed by atoms with Gasteiger partial charge in [-0.15, -0.1) is 0 Å². The SMILES string of the molecule is CC1=C(C(=O)Nc2ccccc2C)[C@H](c2ccc(OCc3ccc(Cl)c(Cl)c3)cc2)n2ncnc2N1. The fourth-order valence-electron chi connectivity index (χ4n) is 4.14. The number of aryl methyl sites for hydroxylation is 1. The van der Waals surface area contributed by atoms with Crippen molar-refractivity contribution in [1.29, 1.82) is 0 Å². The summed E-state index contributed by atoms with van der Waals surface area (Å²) in [6.45, 7) is 4.17. The third-order valence-electron chi connectivity index (χ3n) is 6.02. The Kier molecular flexibility index (Phi) is 6.67. The molecule has 0 saturated carbocycles. The molecule has 4 aromatic rings. The fourth-order valence-corrected chi connectivity index (χ4v) is 4.46. The van der Waals surface area contributed by atoms with E-state index in [0.29, 0.717) is 39.6 Å². The third-order valence-corrected chi connectivity index (χ3v) is 6.76. The first-order valence-corrected chi connectivity index (χ1v) is 12.1. The van der Waals surface area contributed by atoms with Crippen LogP contribution in [-0.4, -0.2) is 20.7 Å². The van der Waals surface area contributed by atoms with Crippen LogP contribution < -0.4 is 15.4 Å². The van der Waals surface area contributed by atoms with Crippen molar-refractivity contribution >= 4 is 40.7 Å². The number of hydrogen-bond acceptors (Lipinski definition) is 5. The molecule has 1 amide bonds. The zero-order valence-corrected chi connectivity index (χ0v) is 21.1. The standard InChI is InChI=1S/C27H23Cl2N5O2/c1-16-5-3-4-6-23(16)33-26(35)24-17(2)32-27-30-15-31-34(27)25(24)19-8-10-20(11-9-19)36-14-18-7-12-21(28)22(29)13-18/h3-13,15,25H,14H2,1-2H3,(H,33,35)(H,30,31,32)/t25-/m0/s1. The van der Waals surface area contributed by atoms with E-state index in [4.69, 9.17) is 27.9 Å². The number of amides is 1. The predicted octanol–water partition coefficient (Wildman–Crippen LogP) is 6.40. The molecule has 7 nitrogen and oxygen atoms in total. The molecule has 9 heteroatoms. The first-order valence-electron chi connectivity index (χ1n) is 11.3. The molecule has 0 saturated heterocycles. The maximum Gasteiger partial charge on any atom is 0.255 e. The van der Waals surface area contributed by atoms with Gasteiger partial charge in [0.1, 0.15) is 24.7 Å². The Bertz CT molecular complexity index is 1460. The van der Waals surface area contributed by atoms with Crippen molar-refractivity contribution in [2.45, 2.75) is 26.5 Å². The summed E-state index contributed by atoms with van der Waals surface area (Å²) in [5.41, 5.74) is 4.80. The molecule has 0 spiro atoms. The minimum atomic E-state index is -0.461. The van der Waals surface area contributed by atoms with Crippen LogP contribution in [0.25, 0.3) is 0 Å². The maximum absolute atomic E-state index is 13.5. The number of allylic oxidation sites excluding steroid dienone is 1. The van der Waals surface area contributed by atoms with Crippen LogP contribution in [0.2, 0.25) is 10.0 Å². The van der Waals surface area contributed by atoms with Gasteiger partial charge in [0.15, 0.2) is 0 Å². The van der Waals surface area contributed by atoms with E-state index in [2.05, 4.69) is 20.7 Å². The number of anilines is 2. The van der Waals surface area contributed by atoms with E-state index in [1.54, 1.807) is 16.8 Å². The zero-order chi connectivity index (χ0) is 25.2. The zero-order valence-electron chi connectivity index (χ0n) is 19.6. The van der Waals surface area contributed by atoms with E-state index in [0.717, 1.165) is 22.4 Å².